The van der Waals surface area contributed by atoms with E-state index in [0.29, 0.717) is 34.5 Å². The molecule has 8 heteroatoms. The van der Waals surface area contributed by atoms with Crippen LogP contribution in [0.5, 0.6) is 0 Å². The lowest BCUT2D eigenvalue weighted by Gasteiger charge is -2.25. The molecule has 0 unspecified atom stereocenters. The number of halogens is 1. The van der Waals surface area contributed by atoms with Crippen LogP contribution in [0.25, 0.3) is 33.9 Å². The van der Waals surface area contributed by atoms with Crippen LogP contribution in [0.1, 0.15) is 19.4 Å². The zero-order chi connectivity index (χ0) is 20.6. The fourth-order valence-corrected chi connectivity index (χ4v) is 3.06. The lowest BCUT2D eigenvalue weighted by atomic mass is 10.0. The van der Waals surface area contributed by atoms with Gasteiger partial charge in [-0.25, -0.2) is 4.98 Å². The van der Waals surface area contributed by atoms with E-state index >= 15 is 0 Å². The van der Waals surface area contributed by atoms with E-state index < -0.39 is 0 Å². The van der Waals surface area contributed by atoms with Gasteiger partial charge in [-0.05, 0) is 50.2 Å². The Labute approximate surface area is 173 Å². The molecule has 0 bridgehead atoms. The summed E-state index contributed by atoms with van der Waals surface area (Å²) in [4.78, 5) is 4.32. The van der Waals surface area contributed by atoms with Gasteiger partial charge in [-0.2, -0.15) is 5.26 Å². The van der Waals surface area contributed by atoms with Crippen LogP contribution in [0, 0.1) is 11.3 Å². The third kappa shape index (κ3) is 3.67. The Hall–Kier alpha value is -3.37. The van der Waals surface area contributed by atoms with Gasteiger partial charge in [-0.1, -0.05) is 0 Å². The minimum Gasteiger partial charge on any atom is -0.416 e. The van der Waals surface area contributed by atoms with Crippen LogP contribution in [0.2, 0.25) is 0 Å². The molecule has 7 nitrogen and oxygen atoms in total. The molecule has 4 aromatic rings. The summed E-state index contributed by atoms with van der Waals surface area (Å²) >= 11 is 5.98. The first-order valence-electron chi connectivity index (χ1n) is 9.04. The first kappa shape index (κ1) is 19.0. The molecule has 2 aromatic carbocycles. The van der Waals surface area contributed by atoms with Crippen LogP contribution in [-0.2, 0) is 7.05 Å². The Bertz CT molecular complexity index is 1230. The minimum atomic E-state index is -0.337. The minimum absolute atomic E-state index is 0.337. The SMILES string of the molecule is Cn1cnc2ccc(-c3nnc(-c4ccc(NC(C)(C)CCl)c(C#N)c4)o3)cc21. The summed E-state index contributed by atoms with van der Waals surface area (Å²) in [7, 11) is 1.93. The maximum absolute atomic E-state index is 9.55. The van der Waals surface area contributed by atoms with E-state index in [4.69, 9.17) is 16.0 Å². The number of nitriles is 1. The molecule has 0 radical (unpaired) electrons. The van der Waals surface area contributed by atoms with Crippen LogP contribution >= 0.6 is 11.6 Å². The van der Waals surface area contributed by atoms with Gasteiger partial charge in [0.05, 0.1) is 28.6 Å². The molecule has 2 aromatic heterocycles. The summed E-state index contributed by atoms with van der Waals surface area (Å²) < 4.78 is 7.81. The van der Waals surface area contributed by atoms with E-state index in [-0.39, 0.29) is 5.54 Å². The molecule has 0 aliphatic carbocycles. The zero-order valence-corrected chi connectivity index (χ0v) is 17.0. The van der Waals surface area contributed by atoms with Crippen LogP contribution in [0.3, 0.4) is 0 Å². The molecule has 0 spiro atoms. The van der Waals surface area contributed by atoms with E-state index in [1.54, 1.807) is 12.4 Å². The van der Waals surface area contributed by atoms with Crippen molar-refractivity contribution in [3.05, 3.63) is 48.3 Å². The third-order valence-electron chi connectivity index (χ3n) is 4.59. The van der Waals surface area contributed by atoms with Crippen molar-refractivity contribution in [3.8, 4) is 29.0 Å². The quantitative estimate of drug-likeness (QED) is 0.487. The van der Waals surface area contributed by atoms with Crippen molar-refractivity contribution in [2.24, 2.45) is 7.05 Å². The standard InChI is InChI=1S/C21H19ClN6O/c1-21(2,11-22)25-16-6-4-13(8-15(16)10-23)19-26-27-20(29-19)14-5-7-17-18(9-14)28(3)12-24-17/h4-9,12,25H,11H2,1-3H3. The molecule has 1 N–H and O–H groups in total. The molecule has 0 amide bonds. The summed E-state index contributed by atoms with van der Waals surface area (Å²) in [6.07, 6.45) is 1.76. The molecule has 29 heavy (non-hydrogen) atoms. The molecule has 0 aliphatic heterocycles. The molecule has 0 atom stereocenters. The molecular formula is C21H19ClN6O. The largest absolute Gasteiger partial charge is 0.416 e. The zero-order valence-electron chi connectivity index (χ0n) is 16.3. The highest BCUT2D eigenvalue weighted by molar-refractivity contribution is 6.18. The van der Waals surface area contributed by atoms with E-state index in [1.807, 2.05) is 55.8 Å². The average Bonchev–Trinajstić information content (AvgIpc) is 3.35. The number of nitrogens with one attached hydrogen (secondary N) is 1. The Morgan fingerprint density at radius 3 is 2.52 bits per heavy atom. The van der Waals surface area contributed by atoms with Crippen molar-refractivity contribution in [3.63, 3.8) is 0 Å². The Morgan fingerprint density at radius 2 is 1.83 bits per heavy atom. The summed E-state index contributed by atoms with van der Waals surface area (Å²) in [5, 5.41) is 21.2. The fourth-order valence-electron chi connectivity index (χ4n) is 2.99. The Morgan fingerprint density at radius 1 is 1.14 bits per heavy atom. The van der Waals surface area contributed by atoms with Crippen molar-refractivity contribution in [2.45, 2.75) is 19.4 Å². The second kappa shape index (κ2) is 7.22. The first-order chi connectivity index (χ1) is 13.9. The van der Waals surface area contributed by atoms with E-state index in [0.717, 1.165) is 16.6 Å². The number of aryl methyl sites for hydroxylation is 1. The summed E-state index contributed by atoms with van der Waals surface area (Å²) in [5.41, 5.74) is 4.22. The second-order valence-electron chi connectivity index (χ2n) is 7.49. The average molecular weight is 407 g/mol. The molecule has 146 valence electrons. The number of benzene rings is 2. The van der Waals surface area contributed by atoms with Gasteiger partial charge in [0.1, 0.15) is 6.07 Å². The van der Waals surface area contributed by atoms with Gasteiger partial charge in [-0.15, -0.1) is 21.8 Å². The predicted octanol–water partition coefficient (Wildman–Crippen LogP) is 4.59. The van der Waals surface area contributed by atoms with Gasteiger partial charge in [0, 0.05) is 29.6 Å². The Kier molecular flexibility index (Phi) is 4.73. The lowest BCUT2D eigenvalue weighted by molar-refractivity contribution is 0.584. The van der Waals surface area contributed by atoms with E-state index in [2.05, 4.69) is 26.6 Å². The van der Waals surface area contributed by atoms with Crippen molar-refractivity contribution in [1.29, 1.82) is 5.26 Å². The topological polar surface area (TPSA) is 92.6 Å². The van der Waals surface area contributed by atoms with Crippen LogP contribution in [0.15, 0.2) is 47.1 Å². The number of alkyl halides is 1. The van der Waals surface area contributed by atoms with Gasteiger partial charge in [0.25, 0.3) is 0 Å². The van der Waals surface area contributed by atoms with Crippen LogP contribution in [0.4, 0.5) is 5.69 Å². The maximum Gasteiger partial charge on any atom is 0.248 e. The summed E-state index contributed by atoms with van der Waals surface area (Å²) in [5.74, 6) is 1.17. The van der Waals surface area contributed by atoms with Crippen LogP contribution in [-0.4, -0.2) is 31.2 Å². The normalized spacial score (nSPS) is 11.6. The number of imidazole rings is 1. The third-order valence-corrected chi connectivity index (χ3v) is 5.26. The van der Waals surface area contributed by atoms with Crippen molar-refractivity contribution < 1.29 is 4.42 Å². The van der Waals surface area contributed by atoms with Crippen molar-refractivity contribution in [1.82, 2.24) is 19.7 Å². The van der Waals surface area contributed by atoms with Gasteiger partial charge in [-0.3, -0.25) is 0 Å². The molecule has 0 aliphatic rings. The molecular weight excluding hydrogens is 388 g/mol. The lowest BCUT2D eigenvalue weighted by Crippen LogP contribution is -2.33. The van der Waals surface area contributed by atoms with E-state index in [1.165, 1.54) is 0 Å². The number of fused-ring (bicyclic) bond motifs is 1. The molecule has 0 saturated carbocycles. The van der Waals surface area contributed by atoms with Gasteiger partial charge >= 0.3 is 0 Å². The smallest absolute Gasteiger partial charge is 0.248 e. The predicted molar refractivity (Wildman–Crippen MR) is 113 cm³/mol. The first-order valence-corrected chi connectivity index (χ1v) is 9.57. The highest BCUT2D eigenvalue weighted by Crippen LogP contribution is 2.29. The Balaban J connectivity index is 1.67. The van der Waals surface area contributed by atoms with Crippen LogP contribution < -0.4 is 5.32 Å². The number of hydrogen-bond acceptors (Lipinski definition) is 6. The molecule has 0 fully saturated rings. The number of hydrogen-bond donors (Lipinski definition) is 1. The van der Waals surface area contributed by atoms with Gasteiger partial charge < -0.3 is 14.3 Å². The van der Waals surface area contributed by atoms with Crippen molar-refractivity contribution >= 4 is 28.3 Å². The number of aromatic nitrogens is 4. The summed E-state index contributed by atoms with van der Waals surface area (Å²) in [6.45, 7) is 3.94. The fraction of sp³-hybridized carbons (Fsp3) is 0.238. The monoisotopic (exact) mass is 406 g/mol. The van der Waals surface area contributed by atoms with Crippen molar-refractivity contribution in [2.75, 3.05) is 11.2 Å². The molecule has 2 heterocycles. The summed E-state index contributed by atoms with van der Waals surface area (Å²) in [6, 6.07) is 13.4. The number of nitrogens with zero attached hydrogens (tertiary/aromatic N) is 5. The highest BCUT2D eigenvalue weighted by Gasteiger charge is 2.19. The van der Waals surface area contributed by atoms with Gasteiger partial charge in [0.15, 0.2) is 0 Å². The number of anilines is 1. The second-order valence-corrected chi connectivity index (χ2v) is 7.75. The highest BCUT2D eigenvalue weighted by atomic mass is 35.5. The van der Waals surface area contributed by atoms with E-state index in [9.17, 15) is 5.26 Å². The number of rotatable bonds is 5. The molecule has 0 saturated heterocycles. The molecule has 4 rings (SSSR count). The van der Waals surface area contributed by atoms with Gasteiger partial charge in [0.2, 0.25) is 11.8 Å². The maximum atomic E-state index is 9.55.